The molecule has 1 fully saturated rings. The molecule has 2 atom stereocenters. The number of hydrogen-bond acceptors (Lipinski definition) is 3. The van der Waals surface area contributed by atoms with E-state index in [-0.39, 0.29) is 12.2 Å². The molecule has 112 valence electrons. The maximum Gasteiger partial charge on any atom is 0.124 e. The molecule has 2 N–H and O–H groups in total. The monoisotopic (exact) mass is 277 g/mol. The molecule has 1 saturated carbocycles. The first-order valence-corrected chi connectivity index (χ1v) is 7.79. The Morgan fingerprint density at radius 3 is 2.55 bits per heavy atom. The summed E-state index contributed by atoms with van der Waals surface area (Å²) in [6.07, 6.45) is 3.74. The first kappa shape index (κ1) is 15.3. The molecule has 1 aromatic carbocycles. The lowest BCUT2D eigenvalue weighted by Gasteiger charge is -2.28. The molecule has 20 heavy (non-hydrogen) atoms. The lowest BCUT2D eigenvalue weighted by atomic mass is 9.95. The Bertz CT molecular complexity index is 388. The van der Waals surface area contributed by atoms with E-state index in [0.717, 1.165) is 44.5 Å². The third kappa shape index (κ3) is 4.80. The summed E-state index contributed by atoms with van der Waals surface area (Å²) in [6.45, 7) is 6.34. The zero-order valence-electron chi connectivity index (χ0n) is 12.6. The summed E-state index contributed by atoms with van der Waals surface area (Å²) in [4.78, 5) is 0. The maximum atomic E-state index is 9.92. The summed E-state index contributed by atoms with van der Waals surface area (Å²) >= 11 is 0. The van der Waals surface area contributed by atoms with E-state index in [4.69, 9.17) is 4.74 Å². The van der Waals surface area contributed by atoms with Crippen molar-refractivity contribution in [1.82, 2.24) is 5.32 Å². The van der Waals surface area contributed by atoms with Gasteiger partial charge >= 0.3 is 0 Å². The van der Waals surface area contributed by atoms with E-state index in [1.165, 1.54) is 5.56 Å². The fraction of sp³-hybridized carbons (Fsp3) is 0.647. The SMILES string of the molecule is CC(C)CNCc1ccc(OC2CCCCC2O)cc1. The average Bonchev–Trinajstić information content (AvgIpc) is 2.43. The summed E-state index contributed by atoms with van der Waals surface area (Å²) < 4.78 is 5.89. The molecule has 0 amide bonds. The second-order valence-corrected chi connectivity index (χ2v) is 6.18. The Morgan fingerprint density at radius 2 is 1.90 bits per heavy atom. The van der Waals surface area contributed by atoms with Crippen LogP contribution in [0.5, 0.6) is 5.75 Å². The van der Waals surface area contributed by atoms with Crippen molar-refractivity contribution in [2.45, 2.75) is 58.3 Å². The maximum absolute atomic E-state index is 9.92. The van der Waals surface area contributed by atoms with Gasteiger partial charge in [0.05, 0.1) is 6.10 Å². The highest BCUT2D eigenvalue weighted by Gasteiger charge is 2.24. The number of aliphatic hydroxyl groups excluding tert-OH is 1. The molecule has 0 heterocycles. The van der Waals surface area contributed by atoms with E-state index in [2.05, 4.69) is 31.3 Å². The molecule has 2 rings (SSSR count). The molecule has 0 aromatic heterocycles. The second-order valence-electron chi connectivity index (χ2n) is 6.18. The van der Waals surface area contributed by atoms with Gasteiger partial charge in [0, 0.05) is 6.54 Å². The van der Waals surface area contributed by atoms with Crippen molar-refractivity contribution in [1.29, 1.82) is 0 Å². The predicted molar refractivity (Wildman–Crippen MR) is 81.9 cm³/mol. The van der Waals surface area contributed by atoms with E-state index >= 15 is 0 Å². The predicted octanol–water partition coefficient (Wildman–Crippen LogP) is 3.11. The second kappa shape index (κ2) is 7.65. The summed E-state index contributed by atoms with van der Waals surface area (Å²) in [5, 5.41) is 13.3. The van der Waals surface area contributed by atoms with Crippen LogP contribution in [0.25, 0.3) is 0 Å². The van der Waals surface area contributed by atoms with Crippen LogP contribution in [0.2, 0.25) is 0 Å². The van der Waals surface area contributed by atoms with E-state index in [1.54, 1.807) is 0 Å². The molecule has 1 aliphatic rings. The molecule has 1 aromatic rings. The normalized spacial score (nSPS) is 23.0. The van der Waals surface area contributed by atoms with E-state index in [0.29, 0.717) is 5.92 Å². The van der Waals surface area contributed by atoms with Crippen molar-refractivity contribution in [2.75, 3.05) is 6.54 Å². The lowest BCUT2D eigenvalue weighted by molar-refractivity contribution is 0.00687. The van der Waals surface area contributed by atoms with Crippen molar-refractivity contribution in [3.63, 3.8) is 0 Å². The fourth-order valence-corrected chi connectivity index (χ4v) is 2.58. The largest absolute Gasteiger partial charge is 0.488 e. The van der Waals surface area contributed by atoms with Gasteiger partial charge in [0.25, 0.3) is 0 Å². The summed E-state index contributed by atoms with van der Waals surface area (Å²) in [6, 6.07) is 8.21. The molecule has 3 heteroatoms. The van der Waals surface area contributed by atoms with Gasteiger partial charge in [-0.25, -0.2) is 0 Å². The molecule has 1 aliphatic carbocycles. The van der Waals surface area contributed by atoms with Crippen LogP contribution in [0.4, 0.5) is 0 Å². The van der Waals surface area contributed by atoms with Crippen molar-refractivity contribution in [3.8, 4) is 5.75 Å². The van der Waals surface area contributed by atoms with Crippen LogP contribution in [-0.2, 0) is 6.54 Å². The fourth-order valence-electron chi connectivity index (χ4n) is 2.58. The standard InChI is InChI=1S/C17H27NO2/c1-13(2)11-18-12-14-7-9-15(10-8-14)20-17-6-4-3-5-16(17)19/h7-10,13,16-19H,3-6,11-12H2,1-2H3. The van der Waals surface area contributed by atoms with Gasteiger partial charge < -0.3 is 15.2 Å². The third-order valence-corrected chi connectivity index (χ3v) is 3.76. The van der Waals surface area contributed by atoms with Crippen LogP contribution in [0.1, 0.15) is 45.1 Å². The summed E-state index contributed by atoms with van der Waals surface area (Å²) in [5.41, 5.74) is 1.27. The zero-order valence-corrected chi connectivity index (χ0v) is 12.6. The van der Waals surface area contributed by atoms with Gasteiger partial charge in [0.15, 0.2) is 0 Å². The first-order chi connectivity index (χ1) is 9.65. The van der Waals surface area contributed by atoms with E-state index in [9.17, 15) is 5.11 Å². The average molecular weight is 277 g/mol. The number of ether oxygens (including phenoxy) is 1. The minimum atomic E-state index is -0.309. The van der Waals surface area contributed by atoms with Gasteiger partial charge in [-0.05, 0) is 49.4 Å². The number of rotatable bonds is 6. The van der Waals surface area contributed by atoms with Crippen LogP contribution in [0.3, 0.4) is 0 Å². The highest BCUT2D eigenvalue weighted by Crippen LogP contribution is 2.24. The Hall–Kier alpha value is -1.06. The van der Waals surface area contributed by atoms with Gasteiger partial charge in [-0.2, -0.15) is 0 Å². The minimum Gasteiger partial charge on any atom is -0.488 e. The van der Waals surface area contributed by atoms with Gasteiger partial charge in [-0.3, -0.25) is 0 Å². The summed E-state index contributed by atoms with van der Waals surface area (Å²) in [5.74, 6) is 1.54. The van der Waals surface area contributed by atoms with Crippen LogP contribution in [0.15, 0.2) is 24.3 Å². The van der Waals surface area contributed by atoms with Crippen LogP contribution in [0, 0.1) is 5.92 Å². The molecule has 0 saturated heterocycles. The molecule has 0 bridgehead atoms. The number of nitrogens with one attached hydrogen (secondary N) is 1. The quantitative estimate of drug-likeness (QED) is 0.839. The molecule has 0 radical (unpaired) electrons. The van der Waals surface area contributed by atoms with Gasteiger partial charge in [0.1, 0.15) is 11.9 Å². The number of benzene rings is 1. The van der Waals surface area contributed by atoms with Crippen LogP contribution < -0.4 is 10.1 Å². The van der Waals surface area contributed by atoms with Crippen molar-refractivity contribution in [2.24, 2.45) is 5.92 Å². The zero-order chi connectivity index (χ0) is 14.4. The molecule has 2 unspecified atom stereocenters. The van der Waals surface area contributed by atoms with E-state index < -0.39 is 0 Å². The van der Waals surface area contributed by atoms with Crippen molar-refractivity contribution >= 4 is 0 Å². The smallest absolute Gasteiger partial charge is 0.124 e. The van der Waals surface area contributed by atoms with Gasteiger partial charge in [-0.1, -0.05) is 32.4 Å². The van der Waals surface area contributed by atoms with Crippen LogP contribution in [-0.4, -0.2) is 23.9 Å². The lowest BCUT2D eigenvalue weighted by Crippen LogP contribution is -2.34. The topological polar surface area (TPSA) is 41.5 Å². The number of aliphatic hydroxyl groups is 1. The van der Waals surface area contributed by atoms with Gasteiger partial charge in [-0.15, -0.1) is 0 Å². The van der Waals surface area contributed by atoms with Gasteiger partial charge in [0.2, 0.25) is 0 Å². The Morgan fingerprint density at radius 1 is 1.20 bits per heavy atom. The molecular formula is C17H27NO2. The van der Waals surface area contributed by atoms with Crippen LogP contribution >= 0.6 is 0 Å². The number of hydrogen-bond donors (Lipinski definition) is 2. The van der Waals surface area contributed by atoms with E-state index in [1.807, 2.05) is 12.1 Å². The highest BCUT2D eigenvalue weighted by molar-refractivity contribution is 5.27. The Kier molecular flexibility index (Phi) is 5.86. The third-order valence-electron chi connectivity index (χ3n) is 3.76. The Balaban J connectivity index is 1.81. The van der Waals surface area contributed by atoms with Crippen molar-refractivity contribution in [3.05, 3.63) is 29.8 Å². The summed E-state index contributed by atoms with van der Waals surface area (Å²) in [7, 11) is 0. The molecule has 3 nitrogen and oxygen atoms in total. The molecular weight excluding hydrogens is 250 g/mol. The molecule has 0 aliphatic heterocycles. The Labute approximate surface area is 122 Å². The minimum absolute atomic E-state index is 0.0336. The molecule has 0 spiro atoms. The van der Waals surface area contributed by atoms with Crippen molar-refractivity contribution < 1.29 is 9.84 Å². The highest BCUT2D eigenvalue weighted by atomic mass is 16.5. The first-order valence-electron chi connectivity index (χ1n) is 7.79.